The SMILES string of the molecule is O=C(CCN1C(=O)CCC1=O)NNC(=S)Nc1ccc(Cl)cc1. The van der Waals surface area contributed by atoms with Crippen LogP contribution in [0.15, 0.2) is 24.3 Å². The van der Waals surface area contributed by atoms with Crippen LogP contribution in [0.2, 0.25) is 5.02 Å². The second-order valence-electron chi connectivity index (χ2n) is 4.82. The Morgan fingerprint density at radius 1 is 1.13 bits per heavy atom. The number of amides is 3. The van der Waals surface area contributed by atoms with Gasteiger partial charge in [-0.2, -0.15) is 0 Å². The normalized spacial score (nSPS) is 13.9. The Morgan fingerprint density at radius 3 is 2.35 bits per heavy atom. The van der Waals surface area contributed by atoms with E-state index in [1.807, 2.05) is 0 Å². The molecule has 1 aromatic carbocycles. The van der Waals surface area contributed by atoms with E-state index < -0.39 is 0 Å². The van der Waals surface area contributed by atoms with Crippen molar-refractivity contribution in [1.82, 2.24) is 15.8 Å². The van der Waals surface area contributed by atoms with Crippen LogP contribution >= 0.6 is 23.8 Å². The third-order valence-corrected chi connectivity index (χ3v) is 3.59. The van der Waals surface area contributed by atoms with E-state index >= 15 is 0 Å². The van der Waals surface area contributed by atoms with Crippen LogP contribution in [-0.4, -0.2) is 34.3 Å². The number of benzene rings is 1. The van der Waals surface area contributed by atoms with Crippen molar-refractivity contribution in [2.45, 2.75) is 19.3 Å². The van der Waals surface area contributed by atoms with E-state index in [4.69, 9.17) is 23.8 Å². The summed E-state index contributed by atoms with van der Waals surface area (Å²) in [5.41, 5.74) is 5.66. The number of likely N-dealkylation sites (tertiary alicyclic amines) is 1. The number of hydrogen-bond acceptors (Lipinski definition) is 4. The van der Waals surface area contributed by atoms with Crippen LogP contribution in [0.5, 0.6) is 0 Å². The molecular weight excluding hydrogens is 340 g/mol. The molecule has 0 radical (unpaired) electrons. The van der Waals surface area contributed by atoms with Crippen LogP contribution in [0.1, 0.15) is 19.3 Å². The van der Waals surface area contributed by atoms with Crippen LogP contribution in [0.25, 0.3) is 0 Å². The minimum Gasteiger partial charge on any atom is -0.331 e. The highest BCUT2D eigenvalue weighted by atomic mass is 35.5. The molecule has 23 heavy (non-hydrogen) atoms. The van der Waals surface area contributed by atoms with Gasteiger partial charge in [0.15, 0.2) is 5.11 Å². The lowest BCUT2D eigenvalue weighted by Crippen LogP contribution is -2.45. The number of thiocarbonyl (C=S) groups is 1. The molecule has 1 heterocycles. The maximum absolute atomic E-state index is 11.7. The molecule has 0 aromatic heterocycles. The summed E-state index contributed by atoms with van der Waals surface area (Å²) in [4.78, 5) is 35.6. The lowest BCUT2D eigenvalue weighted by Gasteiger charge is -2.14. The molecule has 3 amide bonds. The highest BCUT2D eigenvalue weighted by molar-refractivity contribution is 7.80. The predicted molar refractivity (Wildman–Crippen MR) is 89.5 cm³/mol. The summed E-state index contributed by atoms with van der Waals surface area (Å²) < 4.78 is 0. The van der Waals surface area contributed by atoms with E-state index in [1.54, 1.807) is 24.3 Å². The number of carbonyl (C=O) groups excluding carboxylic acids is 3. The third kappa shape index (κ3) is 5.19. The lowest BCUT2D eigenvalue weighted by molar-refractivity contribution is -0.138. The molecule has 0 spiro atoms. The molecule has 1 aromatic rings. The van der Waals surface area contributed by atoms with E-state index in [0.717, 1.165) is 10.6 Å². The molecule has 122 valence electrons. The standard InChI is InChI=1S/C14H15ClN4O3S/c15-9-1-3-10(4-2-9)16-14(23)18-17-11(20)7-8-19-12(21)5-6-13(19)22/h1-4H,5-8H2,(H,17,20)(H2,16,18,23). The zero-order valence-electron chi connectivity index (χ0n) is 12.1. The molecule has 9 heteroatoms. The molecule has 0 aliphatic carbocycles. The minimum absolute atomic E-state index is 0.00797. The number of halogens is 1. The Kier molecular flexibility index (Phi) is 5.89. The van der Waals surface area contributed by atoms with Gasteiger partial charge in [-0.05, 0) is 36.5 Å². The van der Waals surface area contributed by atoms with Crippen molar-refractivity contribution in [2.75, 3.05) is 11.9 Å². The Labute approximate surface area is 143 Å². The second kappa shape index (κ2) is 7.89. The van der Waals surface area contributed by atoms with Crippen LogP contribution in [0.3, 0.4) is 0 Å². The van der Waals surface area contributed by atoms with Gasteiger partial charge in [0.05, 0.1) is 0 Å². The fourth-order valence-corrected chi connectivity index (χ4v) is 2.27. The van der Waals surface area contributed by atoms with Gasteiger partial charge in [-0.3, -0.25) is 30.1 Å². The fraction of sp³-hybridized carbons (Fsp3) is 0.286. The van der Waals surface area contributed by atoms with Crippen molar-refractivity contribution in [3.63, 3.8) is 0 Å². The summed E-state index contributed by atoms with van der Waals surface area (Å²) >= 11 is 10.8. The monoisotopic (exact) mass is 354 g/mol. The van der Waals surface area contributed by atoms with Gasteiger partial charge in [-0.25, -0.2) is 0 Å². The van der Waals surface area contributed by atoms with E-state index in [1.165, 1.54) is 0 Å². The number of rotatable bonds is 4. The third-order valence-electron chi connectivity index (χ3n) is 3.13. The number of nitrogens with one attached hydrogen (secondary N) is 3. The van der Waals surface area contributed by atoms with Gasteiger partial charge >= 0.3 is 0 Å². The zero-order valence-corrected chi connectivity index (χ0v) is 13.7. The van der Waals surface area contributed by atoms with E-state index in [0.29, 0.717) is 5.02 Å². The first-order chi connectivity index (χ1) is 11.0. The van der Waals surface area contributed by atoms with Crippen molar-refractivity contribution in [3.8, 4) is 0 Å². The van der Waals surface area contributed by atoms with Crippen LogP contribution in [0, 0.1) is 0 Å². The van der Waals surface area contributed by atoms with Gasteiger partial charge < -0.3 is 5.32 Å². The van der Waals surface area contributed by atoms with Gasteiger partial charge in [-0.15, -0.1) is 0 Å². The smallest absolute Gasteiger partial charge is 0.240 e. The molecule has 1 aliphatic rings. The van der Waals surface area contributed by atoms with Crippen molar-refractivity contribution in [1.29, 1.82) is 0 Å². The quantitative estimate of drug-likeness (QED) is 0.427. The molecule has 1 aliphatic heterocycles. The molecule has 2 rings (SSSR count). The van der Waals surface area contributed by atoms with Gasteiger partial charge in [-0.1, -0.05) is 11.6 Å². The Balaban J connectivity index is 1.69. The van der Waals surface area contributed by atoms with Crippen LogP contribution in [-0.2, 0) is 14.4 Å². The maximum Gasteiger partial charge on any atom is 0.240 e. The molecule has 0 unspecified atom stereocenters. The van der Waals surface area contributed by atoms with Gasteiger partial charge in [0.2, 0.25) is 17.7 Å². The number of imide groups is 1. The van der Waals surface area contributed by atoms with E-state index in [-0.39, 0.29) is 48.6 Å². The molecule has 3 N–H and O–H groups in total. The highest BCUT2D eigenvalue weighted by Gasteiger charge is 2.28. The molecule has 0 bridgehead atoms. The summed E-state index contributed by atoms with van der Waals surface area (Å²) in [5, 5.41) is 3.67. The van der Waals surface area contributed by atoms with E-state index in [9.17, 15) is 14.4 Å². The number of carbonyl (C=O) groups is 3. The highest BCUT2D eigenvalue weighted by Crippen LogP contribution is 2.13. The molecule has 1 fully saturated rings. The number of hydrogen-bond donors (Lipinski definition) is 3. The first-order valence-electron chi connectivity index (χ1n) is 6.90. The first kappa shape index (κ1) is 17.2. The molecule has 0 saturated carbocycles. The fourth-order valence-electron chi connectivity index (χ4n) is 1.97. The molecule has 1 saturated heterocycles. The molecule has 7 nitrogen and oxygen atoms in total. The summed E-state index contributed by atoms with van der Waals surface area (Å²) in [5.74, 6) is -0.857. The summed E-state index contributed by atoms with van der Waals surface area (Å²) in [7, 11) is 0. The van der Waals surface area contributed by atoms with Gasteiger partial charge in [0.25, 0.3) is 0 Å². The Morgan fingerprint density at radius 2 is 1.74 bits per heavy atom. The summed E-state index contributed by atoms with van der Waals surface area (Å²) in [6.45, 7) is 0.0720. The number of nitrogens with zero attached hydrogens (tertiary/aromatic N) is 1. The summed E-state index contributed by atoms with van der Waals surface area (Å²) in [6.07, 6.45) is 0.440. The average molecular weight is 355 g/mol. The Hall–Kier alpha value is -2.19. The number of anilines is 1. The topological polar surface area (TPSA) is 90.5 Å². The minimum atomic E-state index is -0.377. The summed E-state index contributed by atoms with van der Waals surface area (Å²) in [6, 6.07) is 6.88. The molecular formula is C14H15ClN4O3S. The van der Waals surface area contributed by atoms with Crippen LogP contribution < -0.4 is 16.2 Å². The average Bonchev–Trinajstić information content (AvgIpc) is 2.84. The van der Waals surface area contributed by atoms with Gasteiger partial charge in [0.1, 0.15) is 0 Å². The first-order valence-corrected chi connectivity index (χ1v) is 7.69. The molecule has 0 atom stereocenters. The van der Waals surface area contributed by atoms with Gasteiger partial charge in [0, 0.05) is 36.5 Å². The van der Waals surface area contributed by atoms with Crippen molar-refractivity contribution < 1.29 is 14.4 Å². The van der Waals surface area contributed by atoms with Crippen molar-refractivity contribution >= 4 is 52.3 Å². The largest absolute Gasteiger partial charge is 0.331 e. The van der Waals surface area contributed by atoms with Crippen molar-refractivity contribution in [2.24, 2.45) is 0 Å². The Bertz CT molecular complexity index is 619. The lowest BCUT2D eigenvalue weighted by atomic mass is 10.3. The van der Waals surface area contributed by atoms with Crippen molar-refractivity contribution in [3.05, 3.63) is 29.3 Å². The van der Waals surface area contributed by atoms with Crippen LogP contribution in [0.4, 0.5) is 5.69 Å². The second-order valence-corrected chi connectivity index (χ2v) is 5.67. The number of hydrazine groups is 1. The zero-order chi connectivity index (χ0) is 16.8. The van der Waals surface area contributed by atoms with E-state index in [2.05, 4.69) is 16.2 Å². The predicted octanol–water partition coefficient (Wildman–Crippen LogP) is 1.20. The maximum atomic E-state index is 11.7.